The summed E-state index contributed by atoms with van der Waals surface area (Å²) in [6.45, 7) is 4.78. The monoisotopic (exact) mass is 440 g/mol. The number of nitrogens with zero attached hydrogens (tertiary/aromatic N) is 2. The van der Waals surface area contributed by atoms with Crippen LogP contribution in [0.25, 0.3) is 0 Å². The minimum Gasteiger partial charge on any atom is -0.473 e. The largest absolute Gasteiger partial charge is 0.473 e. The van der Waals surface area contributed by atoms with Gasteiger partial charge in [-0.15, -0.1) is 0 Å². The molecule has 1 aliphatic heterocycles. The lowest BCUT2D eigenvalue weighted by Gasteiger charge is -2.60. The smallest absolute Gasteiger partial charge is 0.369 e. The van der Waals surface area contributed by atoms with Gasteiger partial charge in [0.1, 0.15) is 0 Å². The third kappa shape index (κ3) is 3.08. The summed E-state index contributed by atoms with van der Waals surface area (Å²) in [5, 5.41) is 8.32. The van der Waals surface area contributed by atoms with Gasteiger partial charge in [-0.1, -0.05) is 26.0 Å². The first kappa shape index (κ1) is 21.0. The number of carbonyl (C=O) groups is 2. The van der Waals surface area contributed by atoms with E-state index in [9.17, 15) is 14.7 Å². The number of rotatable bonds is 2. The maximum absolute atomic E-state index is 12.8. The molecule has 3 aliphatic carbocycles. The molecule has 0 spiro atoms. The zero-order valence-corrected chi connectivity index (χ0v) is 19.4. The van der Waals surface area contributed by atoms with Crippen molar-refractivity contribution in [1.82, 2.24) is 9.88 Å². The van der Waals surface area contributed by atoms with E-state index in [1.54, 1.807) is 0 Å². The van der Waals surface area contributed by atoms with E-state index in [0.717, 1.165) is 19.3 Å². The Balaban J connectivity index is 1.48. The minimum absolute atomic E-state index is 0.134. The highest BCUT2D eigenvalue weighted by molar-refractivity contribution is 8.17. The molecular formula is C25H32N2O3S. The normalized spacial score (nSPS) is 41.8. The van der Waals surface area contributed by atoms with Crippen LogP contribution in [0.3, 0.4) is 0 Å². The third-order valence-electron chi connectivity index (χ3n) is 9.41. The van der Waals surface area contributed by atoms with Crippen LogP contribution in [0.1, 0.15) is 64.0 Å². The Morgan fingerprint density at radius 1 is 1.16 bits per heavy atom. The topological polar surface area (TPSA) is 70.5 Å². The Hall–Kier alpha value is -1.82. The highest BCUT2D eigenvalue weighted by Crippen LogP contribution is 2.67. The maximum atomic E-state index is 12.8. The number of hydrogen-bond acceptors (Lipinski definition) is 4. The zero-order chi connectivity index (χ0) is 22.0. The Morgan fingerprint density at radius 3 is 2.68 bits per heavy atom. The maximum Gasteiger partial charge on any atom is 0.369 e. The standard InChI is InChI=1S/C25H32N2O3S/c1-24-12-11-17-15(16(24)8-9-18(24)19-6-4-5-13-26-19)7-10-21-25(17,2)14-20(31-23(29)30)22(28)27(21)3/h4-6,13-18,21H,7-12H2,1-3H3,(H,29,30)/t15-,16-,17+,18?,21?,24-,25+/m0/s1. The van der Waals surface area contributed by atoms with Crippen LogP contribution in [0.4, 0.5) is 4.79 Å². The fourth-order valence-electron chi connectivity index (χ4n) is 8.08. The van der Waals surface area contributed by atoms with Gasteiger partial charge >= 0.3 is 5.30 Å². The summed E-state index contributed by atoms with van der Waals surface area (Å²) in [5.74, 6) is 2.18. The fraction of sp³-hybridized carbons (Fsp3) is 0.640. The van der Waals surface area contributed by atoms with Crippen LogP contribution in [-0.4, -0.2) is 39.3 Å². The second-order valence-corrected chi connectivity index (χ2v) is 11.6. The van der Waals surface area contributed by atoms with Crippen LogP contribution in [0, 0.1) is 28.6 Å². The number of carbonyl (C=O) groups excluding carboxylic acids is 1. The van der Waals surface area contributed by atoms with E-state index >= 15 is 0 Å². The van der Waals surface area contributed by atoms with Gasteiger partial charge in [0.2, 0.25) is 0 Å². The van der Waals surface area contributed by atoms with Crippen molar-refractivity contribution in [3.63, 3.8) is 0 Å². The van der Waals surface area contributed by atoms with Crippen LogP contribution in [0.2, 0.25) is 0 Å². The van der Waals surface area contributed by atoms with Crippen LogP contribution < -0.4 is 0 Å². The average molecular weight is 441 g/mol. The van der Waals surface area contributed by atoms with Gasteiger partial charge in [0, 0.05) is 36.3 Å². The number of carboxylic acid groups (broad SMARTS) is 1. The molecule has 0 radical (unpaired) electrons. The minimum atomic E-state index is -1.01. The Kier molecular flexibility index (Phi) is 5.00. The molecule has 6 heteroatoms. The summed E-state index contributed by atoms with van der Waals surface area (Å²) < 4.78 is 0. The van der Waals surface area contributed by atoms with Crippen molar-refractivity contribution in [3.8, 4) is 0 Å². The van der Waals surface area contributed by atoms with E-state index in [0.29, 0.717) is 40.3 Å². The third-order valence-corrected chi connectivity index (χ3v) is 10.1. The van der Waals surface area contributed by atoms with Gasteiger partial charge in [0.25, 0.3) is 5.91 Å². The van der Waals surface area contributed by atoms with Gasteiger partial charge in [-0.3, -0.25) is 9.78 Å². The molecule has 1 amide bonds. The van der Waals surface area contributed by atoms with Crippen LogP contribution in [-0.2, 0) is 4.79 Å². The molecule has 3 fully saturated rings. The molecular weight excluding hydrogens is 408 g/mol. The predicted molar refractivity (Wildman–Crippen MR) is 122 cm³/mol. The van der Waals surface area contributed by atoms with Gasteiger partial charge in [0.05, 0.1) is 4.91 Å². The van der Waals surface area contributed by atoms with Crippen molar-refractivity contribution in [2.75, 3.05) is 7.05 Å². The molecule has 0 bridgehead atoms. The fourth-order valence-corrected chi connectivity index (χ4v) is 8.81. The van der Waals surface area contributed by atoms with Crippen molar-refractivity contribution >= 4 is 23.0 Å². The number of aromatic nitrogens is 1. The Morgan fingerprint density at radius 2 is 1.97 bits per heavy atom. The molecule has 5 nitrogen and oxygen atoms in total. The molecule has 1 aromatic rings. The second kappa shape index (κ2) is 7.36. The summed E-state index contributed by atoms with van der Waals surface area (Å²) in [5.41, 5.74) is 1.36. The van der Waals surface area contributed by atoms with Crippen LogP contribution in [0.15, 0.2) is 35.4 Å². The first-order valence-electron chi connectivity index (χ1n) is 11.6. The van der Waals surface area contributed by atoms with Crippen LogP contribution >= 0.6 is 11.8 Å². The summed E-state index contributed by atoms with van der Waals surface area (Å²) >= 11 is 0.676. The van der Waals surface area contributed by atoms with Gasteiger partial charge in [-0.25, -0.2) is 4.79 Å². The highest BCUT2D eigenvalue weighted by atomic mass is 32.2. The van der Waals surface area contributed by atoms with Gasteiger partial charge in [-0.05, 0) is 85.6 Å². The first-order valence-corrected chi connectivity index (χ1v) is 12.4. The first-order chi connectivity index (χ1) is 14.8. The second-order valence-electron chi connectivity index (χ2n) is 10.6. The zero-order valence-electron chi connectivity index (χ0n) is 18.6. The number of fused-ring (bicyclic) bond motifs is 5. The number of pyridine rings is 1. The lowest BCUT2D eigenvalue weighted by Crippen LogP contribution is -2.60. The van der Waals surface area contributed by atoms with E-state index in [1.165, 1.54) is 25.0 Å². The Labute approximate surface area is 188 Å². The molecule has 5 rings (SSSR count). The van der Waals surface area contributed by atoms with E-state index in [4.69, 9.17) is 4.98 Å². The Bertz CT molecular complexity index is 934. The SMILES string of the molecule is CN1C(=O)C(SC(=O)O)=C[C@@]2(C)C1CC[C@@H]1[C@H]2CC[C@]2(C)C(c3ccccn3)CC[C@@H]12. The quantitative estimate of drug-likeness (QED) is 0.653. The number of amides is 1. The average Bonchev–Trinajstić information content (AvgIpc) is 3.09. The van der Waals surface area contributed by atoms with Crippen molar-refractivity contribution < 1.29 is 14.7 Å². The van der Waals surface area contributed by atoms with Crippen molar-refractivity contribution in [2.24, 2.45) is 28.6 Å². The van der Waals surface area contributed by atoms with Crippen molar-refractivity contribution in [1.29, 1.82) is 0 Å². The van der Waals surface area contributed by atoms with E-state index in [-0.39, 0.29) is 22.8 Å². The van der Waals surface area contributed by atoms with Gasteiger partial charge < -0.3 is 10.0 Å². The number of hydrogen-bond donors (Lipinski definition) is 1. The summed E-state index contributed by atoms with van der Waals surface area (Å²) in [6.07, 6.45) is 10.9. The van der Waals surface area contributed by atoms with Gasteiger partial charge in [0.15, 0.2) is 0 Å². The molecule has 0 saturated heterocycles. The molecule has 1 N–H and O–H groups in total. The number of thioether (sulfide) groups is 1. The molecule has 4 aliphatic rings. The number of likely N-dealkylation sites (N-methyl/N-ethyl adjacent to an activating group) is 1. The van der Waals surface area contributed by atoms with E-state index in [1.807, 2.05) is 30.3 Å². The molecule has 0 aromatic carbocycles. The highest BCUT2D eigenvalue weighted by Gasteiger charge is 2.61. The lowest BCUT2D eigenvalue weighted by molar-refractivity contribution is -0.138. The molecule has 2 unspecified atom stereocenters. The lowest BCUT2D eigenvalue weighted by atomic mass is 9.47. The van der Waals surface area contributed by atoms with Crippen molar-refractivity contribution in [3.05, 3.63) is 41.1 Å². The van der Waals surface area contributed by atoms with Crippen molar-refractivity contribution in [2.45, 2.75) is 64.3 Å². The molecule has 2 heterocycles. The predicted octanol–water partition coefficient (Wildman–Crippen LogP) is 5.54. The van der Waals surface area contributed by atoms with E-state index < -0.39 is 5.30 Å². The van der Waals surface area contributed by atoms with Gasteiger partial charge in [-0.2, -0.15) is 0 Å². The molecule has 7 atom stereocenters. The summed E-state index contributed by atoms with van der Waals surface area (Å²) in [7, 11) is 1.86. The molecule has 31 heavy (non-hydrogen) atoms. The molecule has 3 saturated carbocycles. The van der Waals surface area contributed by atoms with Crippen LogP contribution in [0.5, 0.6) is 0 Å². The summed E-state index contributed by atoms with van der Waals surface area (Å²) in [4.78, 5) is 31.1. The summed E-state index contributed by atoms with van der Waals surface area (Å²) in [6, 6.07) is 6.47. The van der Waals surface area contributed by atoms with E-state index in [2.05, 4.69) is 26.0 Å². The molecule has 166 valence electrons. The molecule has 1 aromatic heterocycles.